The third kappa shape index (κ3) is 4.97. The molecule has 1 heterocycles. The average Bonchev–Trinajstić information content (AvgIpc) is 2.76. The molecule has 0 spiro atoms. The van der Waals surface area contributed by atoms with E-state index in [2.05, 4.69) is 20.0 Å². The Morgan fingerprint density at radius 1 is 0.788 bits per heavy atom. The second-order valence-corrected chi connectivity index (χ2v) is 9.23. The van der Waals surface area contributed by atoms with E-state index in [9.17, 15) is 21.6 Å². The van der Waals surface area contributed by atoms with Gasteiger partial charge < -0.3 is 5.32 Å². The van der Waals surface area contributed by atoms with Crippen molar-refractivity contribution in [3.05, 3.63) is 82.3 Å². The number of nitrogens with zero attached hydrogens (tertiary/aromatic N) is 2. The predicted molar refractivity (Wildman–Crippen MR) is 122 cm³/mol. The van der Waals surface area contributed by atoms with Crippen LogP contribution in [0.5, 0.6) is 0 Å². The highest BCUT2D eigenvalue weighted by molar-refractivity contribution is 7.92. The van der Waals surface area contributed by atoms with Gasteiger partial charge in [0.25, 0.3) is 10.0 Å². The molecule has 33 heavy (non-hydrogen) atoms. The Kier molecular flexibility index (Phi) is 6.08. The van der Waals surface area contributed by atoms with Crippen LogP contribution in [0.3, 0.4) is 0 Å². The molecule has 0 aliphatic rings. The van der Waals surface area contributed by atoms with Crippen LogP contribution < -0.4 is 10.0 Å². The molecule has 0 saturated heterocycles. The van der Waals surface area contributed by atoms with Gasteiger partial charge >= 0.3 is 6.18 Å². The van der Waals surface area contributed by atoms with Gasteiger partial charge in [-0.3, -0.25) is 4.72 Å². The Morgan fingerprint density at radius 3 is 2.03 bits per heavy atom. The van der Waals surface area contributed by atoms with E-state index in [0.717, 1.165) is 12.1 Å². The molecule has 6 nitrogen and oxygen atoms in total. The Labute approximate surface area is 196 Å². The fraction of sp³-hybridized carbons (Fsp3) is 0.0476. The minimum absolute atomic E-state index is 0.0415. The Bertz CT molecular complexity index is 1460. The molecule has 0 amide bonds. The van der Waals surface area contributed by atoms with Gasteiger partial charge in [0.2, 0.25) is 0 Å². The number of benzene rings is 3. The van der Waals surface area contributed by atoms with Crippen LogP contribution in [0.1, 0.15) is 5.56 Å². The SMILES string of the molecule is O=S(=O)(Nc1nc2ccccc2nc1Nc1ccc(Cl)c(Cl)c1)c1ccccc1C(F)(F)F. The van der Waals surface area contributed by atoms with Gasteiger partial charge in [-0.05, 0) is 42.5 Å². The fourth-order valence-corrected chi connectivity index (χ4v) is 4.52. The molecule has 4 rings (SSSR count). The van der Waals surface area contributed by atoms with E-state index in [0.29, 0.717) is 27.8 Å². The van der Waals surface area contributed by atoms with Crippen LogP contribution in [0.4, 0.5) is 30.5 Å². The smallest absolute Gasteiger partial charge is 0.337 e. The van der Waals surface area contributed by atoms with Crippen LogP contribution >= 0.6 is 23.2 Å². The second kappa shape index (κ2) is 8.69. The van der Waals surface area contributed by atoms with Gasteiger partial charge in [-0.2, -0.15) is 13.2 Å². The van der Waals surface area contributed by atoms with Gasteiger partial charge in [0, 0.05) is 5.69 Å². The zero-order valence-corrected chi connectivity index (χ0v) is 18.7. The van der Waals surface area contributed by atoms with Crippen molar-refractivity contribution in [1.29, 1.82) is 0 Å². The first kappa shape index (κ1) is 23.1. The van der Waals surface area contributed by atoms with Crippen molar-refractivity contribution in [2.45, 2.75) is 11.1 Å². The lowest BCUT2D eigenvalue weighted by Crippen LogP contribution is -2.20. The third-order valence-electron chi connectivity index (χ3n) is 4.47. The molecule has 0 unspecified atom stereocenters. The topological polar surface area (TPSA) is 84.0 Å². The van der Waals surface area contributed by atoms with Gasteiger partial charge in [0.15, 0.2) is 11.6 Å². The first-order valence-electron chi connectivity index (χ1n) is 9.22. The van der Waals surface area contributed by atoms with Crippen LogP contribution in [-0.4, -0.2) is 18.4 Å². The highest BCUT2D eigenvalue weighted by Gasteiger charge is 2.37. The maximum absolute atomic E-state index is 13.4. The number of sulfonamides is 1. The van der Waals surface area contributed by atoms with Gasteiger partial charge in [-0.25, -0.2) is 18.4 Å². The van der Waals surface area contributed by atoms with E-state index >= 15 is 0 Å². The van der Waals surface area contributed by atoms with Crippen LogP contribution in [0.2, 0.25) is 10.0 Å². The molecule has 0 radical (unpaired) electrons. The molecule has 12 heteroatoms. The second-order valence-electron chi connectivity index (χ2n) is 6.76. The molecule has 1 aromatic heterocycles. The number of alkyl halides is 3. The number of aromatic nitrogens is 2. The summed E-state index contributed by atoms with van der Waals surface area (Å²) in [4.78, 5) is 7.69. The quantitative estimate of drug-likeness (QED) is 0.318. The minimum atomic E-state index is -4.87. The van der Waals surface area contributed by atoms with Crippen LogP contribution in [0.25, 0.3) is 11.0 Å². The van der Waals surface area contributed by atoms with E-state index in [-0.39, 0.29) is 16.7 Å². The van der Waals surface area contributed by atoms with Crippen molar-refractivity contribution in [2.75, 3.05) is 10.0 Å². The molecular formula is C21H13Cl2F3N4O2S. The number of rotatable bonds is 5. The van der Waals surface area contributed by atoms with Crippen LogP contribution in [0.15, 0.2) is 71.6 Å². The van der Waals surface area contributed by atoms with E-state index in [1.165, 1.54) is 18.2 Å². The summed E-state index contributed by atoms with van der Waals surface area (Å²) in [6.07, 6.45) is -4.87. The third-order valence-corrected chi connectivity index (χ3v) is 6.60. The minimum Gasteiger partial charge on any atom is -0.337 e. The molecular weight excluding hydrogens is 500 g/mol. The molecule has 2 N–H and O–H groups in total. The molecule has 0 bridgehead atoms. The van der Waals surface area contributed by atoms with Crippen molar-refractivity contribution in [2.24, 2.45) is 0 Å². The Balaban J connectivity index is 1.81. The van der Waals surface area contributed by atoms with Gasteiger partial charge in [0.1, 0.15) is 0 Å². The lowest BCUT2D eigenvalue weighted by molar-refractivity contribution is -0.139. The number of nitrogens with one attached hydrogen (secondary N) is 2. The van der Waals surface area contributed by atoms with E-state index < -0.39 is 26.7 Å². The summed E-state index contributed by atoms with van der Waals surface area (Å²) in [6, 6.07) is 15.1. The van der Waals surface area contributed by atoms with Crippen LogP contribution in [0, 0.1) is 0 Å². The fourth-order valence-electron chi connectivity index (χ4n) is 2.99. The number of fused-ring (bicyclic) bond motifs is 1. The number of para-hydroxylation sites is 2. The standard InChI is InChI=1S/C21H13Cl2F3N4O2S/c22-14-10-9-12(11-15(14)23)27-19-20(29-17-7-3-2-6-16(17)28-19)30-33(31,32)18-8-4-1-5-13(18)21(24,25)26/h1-11H,(H,27,28)(H,29,30). The number of halogens is 5. The Morgan fingerprint density at radius 2 is 1.39 bits per heavy atom. The van der Waals surface area contributed by atoms with Crippen LogP contribution in [-0.2, 0) is 16.2 Å². The molecule has 0 aliphatic heterocycles. The molecule has 0 fully saturated rings. The lowest BCUT2D eigenvalue weighted by Gasteiger charge is -2.16. The molecule has 3 aromatic carbocycles. The molecule has 0 atom stereocenters. The van der Waals surface area contributed by atoms with Gasteiger partial charge in [-0.15, -0.1) is 0 Å². The summed E-state index contributed by atoms with van der Waals surface area (Å²) in [5.41, 5.74) is -0.131. The predicted octanol–water partition coefficient (Wildman–Crippen LogP) is 6.50. The largest absolute Gasteiger partial charge is 0.417 e. The first-order valence-corrected chi connectivity index (χ1v) is 11.5. The van der Waals surface area contributed by atoms with E-state index in [4.69, 9.17) is 23.2 Å². The first-order chi connectivity index (χ1) is 15.5. The van der Waals surface area contributed by atoms with Crippen molar-refractivity contribution in [3.8, 4) is 0 Å². The van der Waals surface area contributed by atoms with Gasteiger partial charge in [-0.1, -0.05) is 47.5 Å². The normalized spacial score (nSPS) is 12.0. The zero-order chi connectivity index (χ0) is 23.8. The summed E-state index contributed by atoms with van der Waals surface area (Å²) < 4.78 is 68.3. The van der Waals surface area contributed by atoms with Crippen molar-refractivity contribution >= 4 is 61.6 Å². The van der Waals surface area contributed by atoms with Crippen molar-refractivity contribution in [3.63, 3.8) is 0 Å². The molecule has 4 aromatic rings. The molecule has 0 aliphatic carbocycles. The van der Waals surface area contributed by atoms with Gasteiger partial charge in [0.05, 0.1) is 31.5 Å². The number of anilines is 3. The maximum Gasteiger partial charge on any atom is 0.417 e. The summed E-state index contributed by atoms with van der Waals surface area (Å²) in [5, 5.41) is 3.42. The average molecular weight is 513 g/mol. The monoisotopic (exact) mass is 512 g/mol. The summed E-state index contributed by atoms with van der Waals surface area (Å²) in [7, 11) is -4.69. The molecule has 0 saturated carbocycles. The maximum atomic E-state index is 13.4. The highest BCUT2D eigenvalue weighted by Crippen LogP contribution is 2.36. The summed E-state index contributed by atoms with van der Waals surface area (Å²) >= 11 is 12.0. The summed E-state index contributed by atoms with van der Waals surface area (Å²) in [5.74, 6) is -0.336. The summed E-state index contributed by atoms with van der Waals surface area (Å²) in [6.45, 7) is 0. The van der Waals surface area contributed by atoms with E-state index in [1.54, 1.807) is 30.3 Å². The number of hydrogen-bond acceptors (Lipinski definition) is 5. The van der Waals surface area contributed by atoms with Crippen molar-refractivity contribution < 1.29 is 21.6 Å². The van der Waals surface area contributed by atoms with E-state index in [1.807, 2.05) is 0 Å². The zero-order valence-electron chi connectivity index (χ0n) is 16.4. The lowest BCUT2D eigenvalue weighted by atomic mass is 10.2. The number of hydrogen-bond donors (Lipinski definition) is 2. The van der Waals surface area contributed by atoms with Crippen molar-refractivity contribution in [1.82, 2.24) is 9.97 Å². The Hall–Kier alpha value is -3.08. The molecule has 170 valence electrons. The highest BCUT2D eigenvalue weighted by atomic mass is 35.5.